The van der Waals surface area contributed by atoms with Gasteiger partial charge in [-0.2, -0.15) is 4.99 Å². The minimum absolute atomic E-state index is 0.466. The summed E-state index contributed by atoms with van der Waals surface area (Å²) in [7, 11) is 0. The van der Waals surface area contributed by atoms with Crippen LogP contribution in [0.5, 0.6) is 0 Å². The van der Waals surface area contributed by atoms with Gasteiger partial charge in [-0.15, -0.1) is 0 Å². The first-order valence-corrected chi connectivity index (χ1v) is 5.01. The maximum Gasteiger partial charge on any atom is 0.297 e. The smallest absolute Gasteiger partial charge is 0.297 e. The molecule has 0 bridgehead atoms. The van der Waals surface area contributed by atoms with Crippen molar-refractivity contribution in [3.05, 3.63) is 0 Å². The van der Waals surface area contributed by atoms with Crippen molar-refractivity contribution in [1.29, 1.82) is 0 Å². The van der Waals surface area contributed by atoms with Gasteiger partial charge in [-0.25, -0.2) is 4.99 Å². The maximum absolute atomic E-state index is 9.41. The Morgan fingerprint density at radius 3 is 2.43 bits per heavy atom. The Labute approximate surface area is 93.4 Å². The number of thiocarbonyl (C=S) groups is 2. The number of hydrogen-bond acceptors (Lipinski definition) is 6. The first-order chi connectivity index (χ1) is 6.58. The van der Waals surface area contributed by atoms with Crippen molar-refractivity contribution in [2.24, 2.45) is 9.98 Å². The van der Waals surface area contributed by atoms with Crippen molar-refractivity contribution in [1.82, 2.24) is 0 Å². The Morgan fingerprint density at radius 1 is 1.36 bits per heavy atom. The number of aliphatic imine (C=N–C) groups is 2. The minimum atomic E-state index is -2.32. The van der Waals surface area contributed by atoms with Crippen molar-refractivity contribution < 1.29 is 10.2 Å². The molecule has 0 fully saturated rings. The van der Waals surface area contributed by atoms with Gasteiger partial charge in [0, 0.05) is 0 Å². The number of aliphatic hydroxyl groups is 2. The molecular weight excluding hydrogens is 220 g/mol. The quantitative estimate of drug-likeness (QED) is 0.412. The normalized spacial score (nSPS) is 12.5. The summed E-state index contributed by atoms with van der Waals surface area (Å²) in [5.74, 6) is -2.32. The van der Waals surface area contributed by atoms with E-state index < -0.39 is 12.0 Å². The molecule has 0 aliphatic carbocycles. The predicted octanol–water partition coefficient (Wildman–Crippen LogP) is 1.39. The first-order valence-electron chi connectivity index (χ1n) is 4.19. The SMILES string of the molecule is CCCCC(N=C=S)C(O)(O)N=C=S. The third-order valence-corrected chi connectivity index (χ3v) is 1.89. The molecule has 0 amide bonds. The molecule has 0 saturated heterocycles. The van der Waals surface area contributed by atoms with Crippen LogP contribution >= 0.6 is 24.4 Å². The minimum Gasteiger partial charge on any atom is -0.345 e. The summed E-state index contributed by atoms with van der Waals surface area (Å²) in [6, 6.07) is -0.824. The van der Waals surface area contributed by atoms with E-state index in [1.807, 2.05) is 12.1 Å². The van der Waals surface area contributed by atoms with Gasteiger partial charge in [0.1, 0.15) is 6.04 Å². The molecule has 0 aliphatic heterocycles. The first kappa shape index (κ1) is 13.5. The molecule has 0 rings (SSSR count). The zero-order valence-electron chi connectivity index (χ0n) is 7.80. The third-order valence-electron chi connectivity index (χ3n) is 1.70. The van der Waals surface area contributed by atoms with Crippen LogP contribution in [0.3, 0.4) is 0 Å². The van der Waals surface area contributed by atoms with Gasteiger partial charge in [0.2, 0.25) is 0 Å². The second kappa shape index (κ2) is 6.90. The van der Waals surface area contributed by atoms with Crippen molar-refractivity contribution in [2.75, 3.05) is 0 Å². The third kappa shape index (κ3) is 4.67. The van der Waals surface area contributed by atoms with Crippen molar-refractivity contribution in [3.8, 4) is 0 Å². The molecular formula is C8H12N2O2S2. The van der Waals surface area contributed by atoms with Gasteiger partial charge < -0.3 is 10.2 Å². The summed E-state index contributed by atoms with van der Waals surface area (Å²) < 4.78 is 0. The summed E-state index contributed by atoms with van der Waals surface area (Å²) in [5, 5.41) is 22.8. The fourth-order valence-electron chi connectivity index (χ4n) is 0.948. The molecule has 4 nitrogen and oxygen atoms in total. The number of hydrogen-bond donors (Lipinski definition) is 2. The van der Waals surface area contributed by atoms with Crippen LogP contribution < -0.4 is 0 Å². The molecule has 14 heavy (non-hydrogen) atoms. The lowest BCUT2D eigenvalue weighted by molar-refractivity contribution is -0.168. The van der Waals surface area contributed by atoms with Crippen LogP contribution in [0.2, 0.25) is 0 Å². The number of isothiocyanates is 2. The van der Waals surface area contributed by atoms with Gasteiger partial charge in [-0.05, 0) is 30.9 Å². The van der Waals surface area contributed by atoms with E-state index in [4.69, 9.17) is 0 Å². The van der Waals surface area contributed by atoms with E-state index in [9.17, 15) is 10.2 Å². The van der Waals surface area contributed by atoms with Gasteiger partial charge in [-0.1, -0.05) is 19.8 Å². The zero-order valence-corrected chi connectivity index (χ0v) is 9.44. The standard InChI is InChI=1S/C8H12N2O2S2/c1-2-3-4-7(9-5-13)8(11,12)10-6-14/h7,11-12H,2-4H2,1H3. The van der Waals surface area contributed by atoms with Gasteiger partial charge in [-0.3, -0.25) is 0 Å². The maximum atomic E-state index is 9.41. The Bertz CT molecular complexity index is 269. The largest absolute Gasteiger partial charge is 0.345 e. The Kier molecular flexibility index (Phi) is 6.66. The van der Waals surface area contributed by atoms with Crippen LogP contribution in [0.4, 0.5) is 0 Å². The van der Waals surface area contributed by atoms with Crippen LogP contribution in [-0.4, -0.2) is 32.5 Å². The highest BCUT2D eigenvalue weighted by Crippen LogP contribution is 2.17. The van der Waals surface area contributed by atoms with E-state index in [-0.39, 0.29) is 0 Å². The second-order valence-electron chi connectivity index (χ2n) is 2.77. The van der Waals surface area contributed by atoms with Crippen LogP contribution in [0.15, 0.2) is 9.98 Å². The molecule has 0 heterocycles. The lowest BCUT2D eigenvalue weighted by atomic mass is 10.1. The lowest BCUT2D eigenvalue weighted by Crippen LogP contribution is -2.38. The van der Waals surface area contributed by atoms with E-state index in [1.54, 1.807) is 0 Å². The molecule has 1 atom stereocenters. The number of rotatable bonds is 6. The Balaban J connectivity index is 4.61. The topological polar surface area (TPSA) is 65.2 Å². The van der Waals surface area contributed by atoms with Gasteiger partial charge in [0.05, 0.1) is 10.3 Å². The van der Waals surface area contributed by atoms with Crippen LogP contribution in [0.1, 0.15) is 26.2 Å². The fourth-order valence-corrected chi connectivity index (χ4v) is 1.21. The fraction of sp³-hybridized carbons (Fsp3) is 0.750. The molecule has 2 N–H and O–H groups in total. The van der Waals surface area contributed by atoms with Crippen molar-refractivity contribution in [2.45, 2.75) is 38.1 Å². The Morgan fingerprint density at radius 2 is 2.00 bits per heavy atom. The van der Waals surface area contributed by atoms with E-state index >= 15 is 0 Å². The van der Waals surface area contributed by atoms with Crippen molar-refractivity contribution in [3.63, 3.8) is 0 Å². The molecule has 0 aliphatic rings. The molecule has 0 aromatic rings. The van der Waals surface area contributed by atoms with E-state index in [0.717, 1.165) is 12.8 Å². The molecule has 1 unspecified atom stereocenters. The molecule has 0 saturated carbocycles. The van der Waals surface area contributed by atoms with Crippen LogP contribution in [-0.2, 0) is 0 Å². The molecule has 0 aromatic carbocycles. The number of nitrogens with zero attached hydrogens (tertiary/aromatic N) is 2. The Hall–Kier alpha value is -0.480. The zero-order chi connectivity index (χ0) is 11.0. The van der Waals surface area contributed by atoms with E-state index in [2.05, 4.69) is 39.6 Å². The predicted molar refractivity (Wildman–Crippen MR) is 60.5 cm³/mol. The molecule has 0 spiro atoms. The summed E-state index contributed by atoms with van der Waals surface area (Å²) >= 11 is 8.70. The summed E-state index contributed by atoms with van der Waals surface area (Å²) in [5.41, 5.74) is 0. The molecule has 0 radical (unpaired) electrons. The van der Waals surface area contributed by atoms with E-state index in [0.29, 0.717) is 6.42 Å². The van der Waals surface area contributed by atoms with E-state index in [1.165, 1.54) is 0 Å². The van der Waals surface area contributed by atoms with Crippen molar-refractivity contribution >= 4 is 34.8 Å². The molecule has 78 valence electrons. The summed E-state index contributed by atoms with van der Waals surface area (Å²) in [4.78, 5) is 6.86. The second-order valence-corrected chi connectivity index (χ2v) is 3.13. The monoisotopic (exact) mass is 232 g/mol. The van der Waals surface area contributed by atoms with Crippen LogP contribution in [0.25, 0.3) is 0 Å². The molecule has 0 aromatic heterocycles. The highest BCUT2D eigenvalue weighted by atomic mass is 32.1. The molecule has 6 heteroatoms. The summed E-state index contributed by atoms with van der Waals surface area (Å²) in [6.07, 6.45) is 2.18. The average Bonchev–Trinajstić information content (AvgIpc) is 2.11. The highest BCUT2D eigenvalue weighted by Gasteiger charge is 2.33. The summed E-state index contributed by atoms with van der Waals surface area (Å²) in [6.45, 7) is 1.98. The number of unbranched alkanes of at least 4 members (excludes halogenated alkanes) is 1. The average molecular weight is 232 g/mol. The van der Waals surface area contributed by atoms with Gasteiger partial charge in [0.25, 0.3) is 5.91 Å². The lowest BCUT2D eigenvalue weighted by Gasteiger charge is -2.21. The highest BCUT2D eigenvalue weighted by molar-refractivity contribution is 7.78. The van der Waals surface area contributed by atoms with Gasteiger partial charge >= 0.3 is 0 Å². The van der Waals surface area contributed by atoms with Gasteiger partial charge in [0.15, 0.2) is 0 Å². The van der Waals surface area contributed by atoms with Crippen LogP contribution in [0, 0.1) is 0 Å².